The maximum atomic E-state index is 12.6. The van der Waals surface area contributed by atoms with E-state index >= 15 is 0 Å². The summed E-state index contributed by atoms with van der Waals surface area (Å²) in [5.74, 6) is -1.58. The fourth-order valence-electron chi connectivity index (χ4n) is 0.700. The zero-order valence-electron chi connectivity index (χ0n) is 5.37. The topological polar surface area (TPSA) is 0 Å². The SMILES string of the molecule is FCc1c(F)cc(F)cc1Br. The summed E-state index contributed by atoms with van der Waals surface area (Å²) in [5.41, 5.74) is -0.147. The maximum Gasteiger partial charge on any atom is 0.133 e. The molecule has 0 bridgehead atoms. The molecule has 1 rings (SSSR count). The molecule has 60 valence electrons. The first-order chi connectivity index (χ1) is 5.15. The van der Waals surface area contributed by atoms with E-state index in [0.29, 0.717) is 6.07 Å². The Morgan fingerprint density at radius 2 is 1.91 bits per heavy atom. The van der Waals surface area contributed by atoms with Crippen LogP contribution in [0, 0.1) is 11.6 Å². The molecule has 0 amide bonds. The van der Waals surface area contributed by atoms with Gasteiger partial charge in [-0.15, -0.1) is 0 Å². The highest BCUT2D eigenvalue weighted by Gasteiger charge is 2.08. The zero-order valence-corrected chi connectivity index (χ0v) is 6.96. The monoisotopic (exact) mass is 224 g/mol. The Morgan fingerprint density at radius 1 is 1.27 bits per heavy atom. The van der Waals surface area contributed by atoms with Crippen LogP contribution in [-0.4, -0.2) is 0 Å². The molecule has 1 aromatic rings. The molecule has 0 atom stereocenters. The molecule has 0 spiro atoms. The third-order valence-electron chi connectivity index (χ3n) is 1.24. The predicted molar refractivity (Wildman–Crippen MR) is 38.9 cm³/mol. The Kier molecular flexibility index (Phi) is 2.54. The van der Waals surface area contributed by atoms with Crippen LogP contribution in [0.3, 0.4) is 0 Å². The molecule has 0 aliphatic carbocycles. The summed E-state index contributed by atoms with van der Waals surface area (Å²) in [5, 5.41) is 0. The van der Waals surface area contributed by atoms with Gasteiger partial charge in [0.1, 0.15) is 18.3 Å². The van der Waals surface area contributed by atoms with Crippen LogP contribution in [0.25, 0.3) is 0 Å². The molecular weight excluding hydrogens is 221 g/mol. The Balaban J connectivity index is 3.25. The number of halogens is 4. The second kappa shape index (κ2) is 3.26. The minimum absolute atomic E-state index is 0.123. The Bertz CT molecular complexity index is 249. The van der Waals surface area contributed by atoms with Crippen LogP contribution in [0.2, 0.25) is 0 Å². The summed E-state index contributed by atoms with van der Waals surface area (Å²) in [7, 11) is 0. The maximum absolute atomic E-state index is 12.6. The molecule has 0 aromatic heterocycles. The van der Waals surface area contributed by atoms with Crippen molar-refractivity contribution in [3.63, 3.8) is 0 Å². The lowest BCUT2D eigenvalue weighted by atomic mass is 10.2. The van der Waals surface area contributed by atoms with E-state index in [2.05, 4.69) is 15.9 Å². The van der Waals surface area contributed by atoms with Crippen molar-refractivity contribution in [2.45, 2.75) is 6.67 Å². The Hall–Kier alpha value is -0.510. The molecule has 0 unspecified atom stereocenters. The van der Waals surface area contributed by atoms with Crippen LogP contribution in [0.15, 0.2) is 16.6 Å². The van der Waals surface area contributed by atoms with Crippen LogP contribution < -0.4 is 0 Å². The van der Waals surface area contributed by atoms with Crippen LogP contribution in [0.5, 0.6) is 0 Å². The summed E-state index contributed by atoms with van der Waals surface area (Å²) in [6, 6.07) is 1.68. The van der Waals surface area contributed by atoms with Gasteiger partial charge in [0.2, 0.25) is 0 Å². The van der Waals surface area contributed by atoms with E-state index in [0.717, 1.165) is 6.07 Å². The summed E-state index contributed by atoms with van der Waals surface area (Å²) < 4.78 is 37.1. The number of benzene rings is 1. The van der Waals surface area contributed by atoms with Crippen molar-refractivity contribution < 1.29 is 13.2 Å². The highest BCUT2D eigenvalue weighted by molar-refractivity contribution is 9.10. The van der Waals surface area contributed by atoms with Crippen molar-refractivity contribution in [2.75, 3.05) is 0 Å². The first-order valence-corrected chi connectivity index (χ1v) is 3.64. The molecule has 1 aromatic carbocycles. The van der Waals surface area contributed by atoms with Crippen molar-refractivity contribution in [3.8, 4) is 0 Å². The summed E-state index contributed by atoms with van der Waals surface area (Å²) >= 11 is 2.84. The lowest BCUT2D eigenvalue weighted by Crippen LogP contribution is -1.90. The van der Waals surface area contributed by atoms with Crippen LogP contribution >= 0.6 is 15.9 Å². The fraction of sp³-hybridized carbons (Fsp3) is 0.143. The van der Waals surface area contributed by atoms with Gasteiger partial charge in [0.25, 0.3) is 0 Å². The molecule has 11 heavy (non-hydrogen) atoms. The molecule has 4 heteroatoms. The van der Waals surface area contributed by atoms with E-state index in [-0.39, 0.29) is 10.0 Å². The van der Waals surface area contributed by atoms with Crippen molar-refractivity contribution in [1.29, 1.82) is 0 Å². The number of hydrogen-bond donors (Lipinski definition) is 0. The van der Waals surface area contributed by atoms with Crippen LogP contribution in [-0.2, 0) is 6.67 Å². The second-order valence-corrected chi connectivity index (χ2v) is 2.84. The van der Waals surface area contributed by atoms with E-state index in [4.69, 9.17) is 0 Å². The normalized spacial score (nSPS) is 10.2. The molecule has 0 radical (unpaired) electrons. The van der Waals surface area contributed by atoms with Crippen molar-refractivity contribution in [2.24, 2.45) is 0 Å². The van der Waals surface area contributed by atoms with Gasteiger partial charge < -0.3 is 0 Å². The van der Waals surface area contributed by atoms with Gasteiger partial charge in [-0.3, -0.25) is 0 Å². The van der Waals surface area contributed by atoms with Gasteiger partial charge in [0.15, 0.2) is 0 Å². The molecule has 0 fully saturated rings. The van der Waals surface area contributed by atoms with Gasteiger partial charge in [-0.05, 0) is 6.07 Å². The standard InChI is InChI=1S/C7H4BrF3/c8-6-1-4(10)2-7(11)5(6)3-9/h1-2H,3H2. The molecule has 0 aliphatic heterocycles. The minimum Gasteiger partial charge on any atom is -0.246 e. The zero-order chi connectivity index (χ0) is 8.43. The molecule has 0 aliphatic rings. The predicted octanol–water partition coefficient (Wildman–Crippen LogP) is 3.20. The van der Waals surface area contributed by atoms with E-state index < -0.39 is 18.3 Å². The van der Waals surface area contributed by atoms with Crippen molar-refractivity contribution in [1.82, 2.24) is 0 Å². The Morgan fingerprint density at radius 3 is 2.36 bits per heavy atom. The van der Waals surface area contributed by atoms with Crippen molar-refractivity contribution in [3.05, 3.63) is 33.8 Å². The smallest absolute Gasteiger partial charge is 0.133 e. The number of hydrogen-bond acceptors (Lipinski definition) is 0. The summed E-state index contributed by atoms with van der Waals surface area (Å²) in [6.45, 7) is -0.938. The van der Waals surface area contributed by atoms with Gasteiger partial charge in [-0.1, -0.05) is 15.9 Å². The van der Waals surface area contributed by atoms with E-state index in [9.17, 15) is 13.2 Å². The first kappa shape index (κ1) is 8.59. The summed E-state index contributed by atoms with van der Waals surface area (Å²) in [6.07, 6.45) is 0. The number of rotatable bonds is 1. The van der Waals surface area contributed by atoms with Crippen molar-refractivity contribution >= 4 is 15.9 Å². The second-order valence-electron chi connectivity index (χ2n) is 1.98. The van der Waals surface area contributed by atoms with E-state index in [1.807, 2.05) is 0 Å². The van der Waals surface area contributed by atoms with Gasteiger partial charge in [0.05, 0.1) is 0 Å². The molecule has 0 nitrogen and oxygen atoms in total. The van der Waals surface area contributed by atoms with Gasteiger partial charge in [-0.25, -0.2) is 13.2 Å². The van der Waals surface area contributed by atoms with E-state index in [1.165, 1.54) is 0 Å². The first-order valence-electron chi connectivity index (χ1n) is 2.84. The Labute approximate surface area is 70.2 Å². The molecular formula is C7H4BrF3. The lowest BCUT2D eigenvalue weighted by molar-refractivity contribution is 0.458. The van der Waals surface area contributed by atoms with E-state index in [1.54, 1.807) is 0 Å². The average Bonchev–Trinajstić information content (AvgIpc) is 1.85. The molecule has 0 saturated carbocycles. The molecule has 0 N–H and O–H groups in total. The molecule has 0 saturated heterocycles. The summed E-state index contributed by atoms with van der Waals surface area (Å²) in [4.78, 5) is 0. The van der Waals surface area contributed by atoms with Gasteiger partial charge in [0, 0.05) is 16.1 Å². The third-order valence-corrected chi connectivity index (χ3v) is 1.95. The van der Waals surface area contributed by atoms with Gasteiger partial charge in [-0.2, -0.15) is 0 Å². The largest absolute Gasteiger partial charge is 0.246 e. The van der Waals surface area contributed by atoms with Gasteiger partial charge >= 0.3 is 0 Å². The minimum atomic E-state index is -0.938. The molecule has 0 heterocycles. The highest BCUT2D eigenvalue weighted by Crippen LogP contribution is 2.22. The third kappa shape index (κ3) is 1.74. The highest BCUT2D eigenvalue weighted by atomic mass is 79.9. The quantitative estimate of drug-likeness (QED) is 0.688. The number of alkyl halides is 1. The van der Waals surface area contributed by atoms with Crippen LogP contribution in [0.4, 0.5) is 13.2 Å². The lowest BCUT2D eigenvalue weighted by Gasteiger charge is -2.00. The van der Waals surface area contributed by atoms with Crippen LogP contribution in [0.1, 0.15) is 5.56 Å². The average molecular weight is 225 g/mol. The fourth-order valence-corrected chi connectivity index (χ4v) is 1.21.